The molecule has 0 nitrogen and oxygen atoms in total. The molecule has 0 aromatic heterocycles. The third-order valence-electron chi connectivity index (χ3n) is 3.12. The Morgan fingerprint density at radius 3 is 1.85 bits per heavy atom. The van der Waals surface area contributed by atoms with E-state index in [1.54, 1.807) is 0 Å². The van der Waals surface area contributed by atoms with Crippen molar-refractivity contribution in [3.63, 3.8) is 0 Å². The molecule has 0 radical (unpaired) electrons. The molecule has 0 bridgehead atoms. The lowest BCUT2D eigenvalue weighted by molar-refractivity contribution is 0.143. The van der Waals surface area contributed by atoms with Crippen LogP contribution in [0.3, 0.4) is 0 Å². The Hall–Kier alpha value is -0.0700. The summed E-state index contributed by atoms with van der Waals surface area (Å²) in [7, 11) is 0. The Labute approximate surface area is 82.9 Å². The molecular weight excluding hydrogens is 163 g/mol. The lowest BCUT2D eigenvalue weighted by atomic mass is 9.81. The van der Waals surface area contributed by atoms with Gasteiger partial charge in [-0.15, -0.1) is 0 Å². The molecule has 0 aliphatic rings. The molecule has 1 heteroatoms. The van der Waals surface area contributed by atoms with Crippen LogP contribution in [0.25, 0.3) is 0 Å². The molecule has 0 heterocycles. The van der Waals surface area contributed by atoms with Crippen LogP contribution in [-0.4, -0.2) is 6.17 Å². The molecule has 0 N–H and O–H groups in total. The Balaban J connectivity index is 4.15. The minimum Gasteiger partial charge on any atom is -0.247 e. The minimum atomic E-state index is -0.582. The summed E-state index contributed by atoms with van der Waals surface area (Å²) in [5.74, 6) is 0.903. The monoisotopic (exact) mass is 188 g/mol. The van der Waals surface area contributed by atoms with Crippen molar-refractivity contribution in [2.45, 2.75) is 66.0 Å². The van der Waals surface area contributed by atoms with E-state index in [1.807, 2.05) is 6.92 Å². The molecular formula is C12H25F. The normalized spacial score (nSPS) is 18.2. The second-order valence-electron chi connectivity index (χ2n) is 3.95. The van der Waals surface area contributed by atoms with Gasteiger partial charge in [-0.25, -0.2) is 4.39 Å². The van der Waals surface area contributed by atoms with E-state index in [0.717, 1.165) is 12.8 Å². The topological polar surface area (TPSA) is 0 Å². The summed E-state index contributed by atoms with van der Waals surface area (Å²) in [6.07, 6.45) is 4.60. The van der Waals surface area contributed by atoms with Crippen LogP contribution in [0.2, 0.25) is 0 Å². The van der Waals surface area contributed by atoms with Crippen molar-refractivity contribution in [1.82, 2.24) is 0 Å². The van der Waals surface area contributed by atoms with E-state index in [-0.39, 0.29) is 0 Å². The summed E-state index contributed by atoms with van der Waals surface area (Å²) in [6, 6.07) is 0. The lowest BCUT2D eigenvalue weighted by Crippen LogP contribution is -2.23. The highest BCUT2D eigenvalue weighted by Gasteiger charge is 2.24. The zero-order valence-electron chi connectivity index (χ0n) is 9.65. The molecule has 0 amide bonds. The number of halogens is 1. The molecule has 0 aromatic rings. The number of hydrogen-bond acceptors (Lipinski definition) is 0. The van der Waals surface area contributed by atoms with Crippen molar-refractivity contribution < 1.29 is 4.39 Å². The summed E-state index contributed by atoms with van der Waals surface area (Å²) in [4.78, 5) is 0. The maximum Gasteiger partial charge on any atom is 0.103 e. The van der Waals surface area contributed by atoms with Gasteiger partial charge in [0.2, 0.25) is 0 Å². The zero-order valence-corrected chi connectivity index (χ0v) is 9.65. The molecule has 0 aromatic carbocycles. The summed E-state index contributed by atoms with van der Waals surface area (Å²) in [6.45, 7) is 8.44. The Bertz CT molecular complexity index is 112. The fraction of sp³-hybridized carbons (Fsp3) is 1.00. The molecule has 0 aliphatic carbocycles. The summed E-state index contributed by atoms with van der Waals surface area (Å²) < 4.78 is 13.6. The molecule has 13 heavy (non-hydrogen) atoms. The van der Waals surface area contributed by atoms with Crippen LogP contribution in [-0.2, 0) is 0 Å². The van der Waals surface area contributed by atoms with E-state index in [2.05, 4.69) is 20.8 Å². The number of hydrogen-bond donors (Lipinski definition) is 0. The van der Waals surface area contributed by atoms with Crippen molar-refractivity contribution in [3.8, 4) is 0 Å². The molecule has 0 aliphatic heterocycles. The zero-order chi connectivity index (χ0) is 10.3. The first-order chi connectivity index (χ1) is 6.21. The van der Waals surface area contributed by atoms with Gasteiger partial charge in [-0.05, 0) is 18.3 Å². The van der Waals surface area contributed by atoms with E-state index in [1.165, 1.54) is 12.8 Å². The highest BCUT2D eigenvalue weighted by atomic mass is 19.1. The highest BCUT2D eigenvalue weighted by Crippen LogP contribution is 2.29. The second-order valence-corrected chi connectivity index (χ2v) is 3.95. The molecule has 80 valence electrons. The molecule has 0 fully saturated rings. The largest absolute Gasteiger partial charge is 0.247 e. The fourth-order valence-electron chi connectivity index (χ4n) is 2.28. The summed E-state index contributed by atoms with van der Waals surface area (Å²) in [5.41, 5.74) is 0. The van der Waals surface area contributed by atoms with Gasteiger partial charge in [-0.1, -0.05) is 53.4 Å². The van der Waals surface area contributed by atoms with Crippen LogP contribution in [0.15, 0.2) is 0 Å². The fourth-order valence-corrected chi connectivity index (χ4v) is 2.28. The minimum absolute atomic E-state index is 0.301. The average molecular weight is 188 g/mol. The predicted octanol–water partition coefficient (Wildman–Crippen LogP) is 4.59. The van der Waals surface area contributed by atoms with Gasteiger partial charge in [0.15, 0.2) is 0 Å². The molecule has 0 rings (SSSR count). The maximum absolute atomic E-state index is 13.6. The highest BCUT2D eigenvalue weighted by molar-refractivity contribution is 4.74. The molecule has 0 saturated heterocycles. The van der Waals surface area contributed by atoms with Crippen LogP contribution in [0, 0.1) is 11.8 Å². The van der Waals surface area contributed by atoms with Gasteiger partial charge >= 0.3 is 0 Å². The predicted molar refractivity (Wildman–Crippen MR) is 57.7 cm³/mol. The lowest BCUT2D eigenvalue weighted by Gasteiger charge is -2.27. The molecule has 0 saturated carbocycles. The first-order valence-corrected chi connectivity index (χ1v) is 5.85. The van der Waals surface area contributed by atoms with Crippen LogP contribution >= 0.6 is 0 Å². The summed E-state index contributed by atoms with van der Waals surface area (Å²) in [5, 5.41) is 0. The third-order valence-corrected chi connectivity index (χ3v) is 3.12. The molecule has 3 atom stereocenters. The first-order valence-electron chi connectivity index (χ1n) is 5.85. The van der Waals surface area contributed by atoms with Crippen molar-refractivity contribution >= 4 is 0 Å². The van der Waals surface area contributed by atoms with Crippen LogP contribution in [0.5, 0.6) is 0 Å². The Morgan fingerprint density at radius 1 is 0.923 bits per heavy atom. The second kappa shape index (κ2) is 7.34. The van der Waals surface area contributed by atoms with Crippen molar-refractivity contribution in [1.29, 1.82) is 0 Å². The van der Waals surface area contributed by atoms with E-state index in [4.69, 9.17) is 0 Å². The van der Waals surface area contributed by atoms with E-state index in [0.29, 0.717) is 18.3 Å². The van der Waals surface area contributed by atoms with Crippen molar-refractivity contribution in [2.24, 2.45) is 11.8 Å². The average Bonchev–Trinajstić information content (AvgIpc) is 2.17. The first kappa shape index (κ1) is 12.9. The van der Waals surface area contributed by atoms with Gasteiger partial charge in [0.25, 0.3) is 0 Å². The van der Waals surface area contributed by atoms with Gasteiger partial charge in [0.1, 0.15) is 6.17 Å². The van der Waals surface area contributed by atoms with Gasteiger partial charge in [0.05, 0.1) is 0 Å². The summed E-state index contributed by atoms with van der Waals surface area (Å²) >= 11 is 0. The SMILES string of the molecule is CCCC(CC)C(CC)C(F)CC. The quantitative estimate of drug-likeness (QED) is 0.548. The van der Waals surface area contributed by atoms with E-state index >= 15 is 0 Å². The maximum atomic E-state index is 13.6. The number of alkyl halides is 1. The third kappa shape index (κ3) is 4.10. The Morgan fingerprint density at radius 2 is 1.54 bits per heavy atom. The van der Waals surface area contributed by atoms with E-state index < -0.39 is 6.17 Å². The standard InChI is InChI=1S/C12H25F/c1-5-9-10(6-2)11(7-3)12(13)8-4/h10-12H,5-9H2,1-4H3. The Kier molecular flexibility index (Phi) is 7.31. The van der Waals surface area contributed by atoms with Gasteiger partial charge in [0, 0.05) is 0 Å². The van der Waals surface area contributed by atoms with Gasteiger partial charge in [-0.3, -0.25) is 0 Å². The van der Waals surface area contributed by atoms with Gasteiger partial charge < -0.3 is 0 Å². The van der Waals surface area contributed by atoms with Crippen molar-refractivity contribution in [2.75, 3.05) is 0 Å². The van der Waals surface area contributed by atoms with Crippen LogP contribution < -0.4 is 0 Å². The molecule has 3 unspecified atom stereocenters. The smallest absolute Gasteiger partial charge is 0.103 e. The van der Waals surface area contributed by atoms with Crippen LogP contribution in [0.1, 0.15) is 59.8 Å². The van der Waals surface area contributed by atoms with Crippen LogP contribution in [0.4, 0.5) is 4.39 Å². The number of rotatable bonds is 7. The molecule has 0 spiro atoms. The van der Waals surface area contributed by atoms with E-state index in [9.17, 15) is 4.39 Å². The van der Waals surface area contributed by atoms with Gasteiger partial charge in [-0.2, -0.15) is 0 Å². The van der Waals surface area contributed by atoms with Crippen molar-refractivity contribution in [3.05, 3.63) is 0 Å².